The van der Waals surface area contributed by atoms with E-state index in [1.165, 1.54) is 0 Å². The van der Waals surface area contributed by atoms with E-state index in [1.807, 2.05) is 12.1 Å². The van der Waals surface area contributed by atoms with Gasteiger partial charge in [-0.15, -0.1) is 19.0 Å². The van der Waals surface area contributed by atoms with E-state index in [4.69, 9.17) is 15.2 Å². The maximum Gasteiger partial charge on any atom is 0.133 e. The van der Waals surface area contributed by atoms with Gasteiger partial charge in [-0.25, -0.2) is 0 Å². The monoisotopic (exact) mass is 307 g/mol. The van der Waals surface area contributed by atoms with Crippen molar-refractivity contribution in [3.05, 3.63) is 34.8 Å². The molecule has 90 valence electrons. The Kier molecular flexibility index (Phi) is 6.48. The molecular weight excluding hydrogens is 293 g/mol. The lowest BCUT2D eigenvalue weighted by Crippen LogP contribution is -2.08. The zero-order valence-electron chi connectivity index (χ0n) is 9.20. The Morgan fingerprint density at radius 3 is 2.31 bits per heavy atom. The molecule has 1 aromatic carbocycles. The molecule has 3 nitrogen and oxygen atoms in total. The van der Waals surface area contributed by atoms with Gasteiger partial charge in [0.1, 0.15) is 11.5 Å². The normalized spacial score (nSPS) is 11.2. The largest absolute Gasteiger partial charge is 0.496 e. The van der Waals surface area contributed by atoms with Gasteiger partial charge in [0.2, 0.25) is 0 Å². The molecule has 0 amide bonds. The number of nitrogens with two attached hydrogens (primary N) is 1. The van der Waals surface area contributed by atoms with Crippen LogP contribution < -0.4 is 15.2 Å². The van der Waals surface area contributed by atoms with Crippen molar-refractivity contribution in [3.8, 4) is 11.5 Å². The summed E-state index contributed by atoms with van der Waals surface area (Å²) in [4.78, 5) is 0. The number of hydrogen-bond donors (Lipinski definition) is 1. The number of rotatable bonds is 4. The van der Waals surface area contributed by atoms with E-state index in [0.29, 0.717) is 0 Å². The van der Waals surface area contributed by atoms with Crippen LogP contribution in [0.1, 0.15) is 11.6 Å². The maximum atomic E-state index is 5.88. The Morgan fingerprint density at radius 1 is 1.31 bits per heavy atom. The van der Waals surface area contributed by atoms with E-state index < -0.39 is 0 Å². The Labute approximate surface area is 110 Å². The SMILES string of the molecule is C=C[C@@H](N)c1cc(OC)c(Br)cc1OC.Cl. The highest BCUT2D eigenvalue weighted by atomic mass is 79.9. The third kappa shape index (κ3) is 3.14. The quantitative estimate of drug-likeness (QED) is 0.869. The van der Waals surface area contributed by atoms with Crippen molar-refractivity contribution in [3.63, 3.8) is 0 Å². The molecule has 0 spiro atoms. The summed E-state index contributed by atoms with van der Waals surface area (Å²) in [5.74, 6) is 1.44. The Bertz CT molecular complexity index is 371. The van der Waals surface area contributed by atoms with Crippen molar-refractivity contribution >= 4 is 28.3 Å². The van der Waals surface area contributed by atoms with Gasteiger partial charge < -0.3 is 15.2 Å². The lowest BCUT2D eigenvalue weighted by atomic mass is 10.1. The van der Waals surface area contributed by atoms with E-state index in [9.17, 15) is 0 Å². The predicted molar refractivity (Wildman–Crippen MR) is 71.6 cm³/mol. The second kappa shape index (κ2) is 6.78. The molecule has 0 aliphatic heterocycles. The lowest BCUT2D eigenvalue weighted by molar-refractivity contribution is 0.395. The average Bonchev–Trinajstić information content (AvgIpc) is 2.27. The van der Waals surface area contributed by atoms with Gasteiger partial charge in [0.25, 0.3) is 0 Å². The number of hydrogen-bond acceptors (Lipinski definition) is 3. The first kappa shape index (κ1) is 15.3. The van der Waals surface area contributed by atoms with Gasteiger partial charge in [0, 0.05) is 5.56 Å². The molecule has 0 aliphatic carbocycles. The number of ether oxygens (including phenoxy) is 2. The van der Waals surface area contributed by atoms with Gasteiger partial charge in [0.15, 0.2) is 0 Å². The maximum absolute atomic E-state index is 5.88. The van der Waals surface area contributed by atoms with Gasteiger partial charge in [-0.2, -0.15) is 0 Å². The molecule has 5 heteroatoms. The van der Waals surface area contributed by atoms with Gasteiger partial charge in [0.05, 0.1) is 24.7 Å². The van der Waals surface area contributed by atoms with Gasteiger partial charge in [-0.1, -0.05) is 6.08 Å². The van der Waals surface area contributed by atoms with Crippen molar-refractivity contribution in [2.24, 2.45) is 5.73 Å². The minimum Gasteiger partial charge on any atom is -0.496 e. The van der Waals surface area contributed by atoms with Crippen molar-refractivity contribution in [1.82, 2.24) is 0 Å². The molecule has 0 fully saturated rings. The van der Waals surface area contributed by atoms with Crippen molar-refractivity contribution in [2.45, 2.75) is 6.04 Å². The van der Waals surface area contributed by atoms with Crippen LogP contribution in [0.25, 0.3) is 0 Å². The first-order valence-electron chi connectivity index (χ1n) is 4.43. The summed E-state index contributed by atoms with van der Waals surface area (Å²) in [5, 5.41) is 0. The number of methoxy groups -OCH3 is 2. The van der Waals surface area contributed by atoms with Crippen molar-refractivity contribution < 1.29 is 9.47 Å². The first-order chi connectivity index (χ1) is 7.13. The van der Waals surface area contributed by atoms with E-state index >= 15 is 0 Å². The Balaban J connectivity index is 0.00000225. The fourth-order valence-electron chi connectivity index (χ4n) is 1.27. The Hall–Kier alpha value is -0.710. The van der Waals surface area contributed by atoms with Crippen LogP contribution >= 0.6 is 28.3 Å². The average molecular weight is 309 g/mol. The van der Waals surface area contributed by atoms with Crippen LogP contribution in [0.2, 0.25) is 0 Å². The molecule has 0 radical (unpaired) electrons. The molecule has 0 aliphatic rings. The minimum absolute atomic E-state index is 0. The number of halogens is 2. The summed E-state index contributed by atoms with van der Waals surface area (Å²) in [6.07, 6.45) is 1.66. The summed E-state index contributed by atoms with van der Waals surface area (Å²) in [6, 6.07) is 3.41. The van der Waals surface area contributed by atoms with Crippen LogP contribution in [-0.4, -0.2) is 14.2 Å². The zero-order valence-corrected chi connectivity index (χ0v) is 11.6. The third-order valence-electron chi connectivity index (χ3n) is 2.12. The van der Waals surface area contributed by atoms with Crippen LogP contribution in [0, 0.1) is 0 Å². The molecule has 16 heavy (non-hydrogen) atoms. The summed E-state index contributed by atoms with van der Waals surface area (Å²) in [7, 11) is 3.21. The molecule has 0 saturated heterocycles. The fraction of sp³-hybridized carbons (Fsp3) is 0.273. The van der Waals surface area contributed by atoms with Crippen LogP contribution in [0.15, 0.2) is 29.3 Å². The van der Waals surface area contributed by atoms with Crippen LogP contribution in [0.5, 0.6) is 11.5 Å². The molecule has 0 heterocycles. The fourth-order valence-corrected chi connectivity index (χ4v) is 1.76. The standard InChI is InChI=1S/C11H14BrNO2.ClH/c1-4-9(13)7-5-11(15-3)8(12)6-10(7)14-2;/h4-6,9H,1,13H2,2-3H3;1H/t9-;/m1./s1. The zero-order chi connectivity index (χ0) is 11.4. The van der Waals surface area contributed by atoms with Gasteiger partial charge in [-0.05, 0) is 28.1 Å². The molecule has 0 aromatic heterocycles. The smallest absolute Gasteiger partial charge is 0.133 e. The summed E-state index contributed by atoms with van der Waals surface area (Å²) in [6.45, 7) is 3.66. The predicted octanol–water partition coefficient (Wildman–Crippen LogP) is 3.07. The lowest BCUT2D eigenvalue weighted by Gasteiger charge is -2.14. The van der Waals surface area contributed by atoms with E-state index in [-0.39, 0.29) is 18.4 Å². The molecule has 2 N–H and O–H groups in total. The van der Waals surface area contributed by atoms with E-state index in [1.54, 1.807) is 20.3 Å². The summed E-state index contributed by atoms with van der Waals surface area (Å²) < 4.78 is 11.3. The number of benzene rings is 1. The van der Waals surface area contributed by atoms with Gasteiger partial charge in [-0.3, -0.25) is 0 Å². The first-order valence-corrected chi connectivity index (χ1v) is 5.23. The Morgan fingerprint density at radius 2 is 1.88 bits per heavy atom. The summed E-state index contributed by atoms with van der Waals surface area (Å²) >= 11 is 3.38. The van der Waals surface area contributed by atoms with Crippen LogP contribution in [0.4, 0.5) is 0 Å². The molecular formula is C11H15BrClNO2. The van der Waals surface area contributed by atoms with Crippen molar-refractivity contribution in [1.29, 1.82) is 0 Å². The topological polar surface area (TPSA) is 44.5 Å². The third-order valence-corrected chi connectivity index (χ3v) is 2.74. The van der Waals surface area contributed by atoms with Crippen LogP contribution in [-0.2, 0) is 0 Å². The molecule has 1 rings (SSSR count). The molecule has 0 saturated carbocycles. The highest BCUT2D eigenvalue weighted by Crippen LogP contribution is 2.35. The molecule has 0 bridgehead atoms. The highest BCUT2D eigenvalue weighted by Gasteiger charge is 2.13. The second-order valence-electron chi connectivity index (χ2n) is 2.99. The van der Waals surface area contributed by atoms with E-state index in [2.05, 4.69) is 22.5 Å². The second-order valence-corrected chi connectivity index (χ2v) is 3.84. The highest BCUT2D eigenvalue weighted by molar-refractivity contribution is 9.10. The molecule has 1 atom stereocenters. The molecule has 1 aromatic rings. The van der Waals surface area contributed by atoms with Crippen LogP contribution in [0.3, 0.4) is 0 Å². The molecule has 0 unspecified atom stereocenters. The van der Waals surface area contributed by atoms with Gasteiger partial charge >= 0.3 is 0 Å². The van der Waals surface area contributed by atoms with Crippen molar-refractivity contribution in [2.75, 3.05) is 14.2 Å². The minimum atomic E-state index is -0.262. The summed E-state index contributed by atoms with van der Waals surface area (Å²) in [5.41, 5.74) is 6.73. The van der Waals surface area contributed by atoms with E-state index in [0.717, 1.165) is 21.5 Å².